The molecule has 0 bridgehead atoms. The number of rotatable bonds is 4. The van der Waals surface area contributed by atoms with Crippen LogP contribution in [0.25, 0.3) is 11.0 Å². The van der Waals surface area contributed by atoms with E-state index < -0.39 is 0 Å². The molecule has 0 aliphatic rings. The number of nitrogens with zero attached hydrogens (tertiary/aromatic N) is 2. The van der Waals surface area contributed by atoms with Crippen LogP contribution in [-0.2, 0) is 7.05 Å². The monoisotopic (exact) mass is 227 g/mol. The van der Waals surface area contributed by atoms with Crippen LogP contribution in [0.15, 0.2) is 24.3 Å². The zero-order valence-electron chi connectivity index (χ0n) is 10.3. The average molecular weight is 227 g/mol. The number of nitrogens with one attached hydrogen (secondary N) is 1. The maximum absolute atomic E-state index is 5.23. The van der Waals surface area contributed by atoms with Crippen molar-refractivity contribution in [1.29, 1.82) is 0 Å². The zero-order valence-corrected chi connectivity index (χ0v) is 10.3. The SMILES string of the molecule is C#CCCNC(C)c1nc2ccccc2n1C. The van der Waals surface area contributed by atoms with Crippen LogP contribution in [-0.4, -0.2) is 16.1 Å². The standard InChI is InChI=1S/C14H17N3/c1-4-5-10-15-11(2)14-16-12-8-6-7-9-13(12)17(14)3/h1,6-9,11,15H,5,10H2,2-3H3. The zero-order chi connectivity index (χ0) is 12.3. The summed E-state index contributed by atoms with van der Waals surface area (Å²) in [4.78, 5) is 4.64. The van der Waals surface area contributed by atoms with Gasteiger partial charge in [-0.1, -0.05) is 12.1 Å². The summed E-state index contributed by atoms with van der Waals surface area (Å²) in [6, 6.07) is 8.37. The van der Waals surface area contributed by atoms with Crippen LogP contribution in [0.1, 0.15) is 25.2 Å². The van der Waals surface area contributed by atoms with E-state index in [0.29, 0.717) is 0 Å². The summed E-state index contributed by atoms with van der Waals surface area (Å²) in [5.74, 6) is 3.67. The van der Waals surface area contributed by atoms with E-state index in [-0.39, 0.29) is 6.04 Å². The second-order valence-electron chi connectivity index (χ2n) is 4.15. The summed E-state index contributed by atoms with van der Waals surface area (Å²) in [6.45, 7) is 2.93. The van der Waals surface area contributed by atoms with Crippen molar-refractivity contribution in [3.8, 4) is 12.3 Å². The van der Waals surface area contributed by atoms with Crippen molar-refractivity contribution in [3.63, 3.8) is 0 Å². The first-order valence-electron chi connectivity index (χ1n) is 5.82. The number of aromatic nitrogens is 2. The molecule has 1 aromatic heterocycles. The third kappa shape index (κ3) is 2.32. The van der Waals surface area contributed by atoms with E-state index in [1.165, 1.54) is 0 Å². The second-order valence-corrected chi connectivity index (χ2v) is 4.15. The number of hydrogen-bond acceptors (Lipinski definition) is 2. The molecule has 3 heteroatoms. The van der Waals surface area contributed by atoms with Gasteiger partial charge in [0.25, 0.3) is 0 Å². The van der Waals surface area contributed by atoms with E-state index in [1.54, 1.807) is 0 Å². The van der Waals surface area contributed by atoms with E-state index in [2.05, 4.69) is 33.8 Å². The van der Waals surface area contributed by atoms with Gasteiger partial charge in [0.05, 0.1) is 17.1 Å². The lowest BCUT2D eigenvalue weighted by atomic mass is 10.3. The van der Waals surface area contributed by atoms with Gasteiger partial charge in [-0.15, -0.1) is 12.3 Å². The maximum Gasteiger partial charge on any atom is 0.126 e. The molecule has 2 aromatic rings. The summed E-state index contributed by atoms with van der Waals surface area (Å²) < 4.78 is 2.13. The lowest BCUT2D eigenvalue weighted by Crippen LogP contribution is -2.22. The average Bonchev–Trinajstić information content (AvgIpc) is 2.68. The van der Waals surface area contributed by atoms with Crippen LogP contribution >= 0.6 is 0 Å². The first kappa shape index (κ1) is 11.7. The Labute approximate surface area is 102 Å². The predicted molar refractivity (Wildman–Crippen MR) is 70.6 cm³/mol. The fourth-order valence-corrected chi connectivity index (χ4v) is 2.00. The van der Waals surface area contributed by atoms with Crippen molar-refractivity contribution >= 4 is 11.0 Å². The van der Waals surface area contributed by atoms with Crippen LogP contribution in [0.3, 0.4) is 0 Å². The molecule has 0 radical (unpaired) electrons. The second kappa shape index (κ2) is 5.03. The number of para-hydroxylation sites is 2. The Bertz CT molecular complexity index is 548. The molecule has 0 aliphatic heterocycles. The van der Waals surface area contributed by atoms with Crippen molar-refractivity contribution < 1.29 is 0 Å². The number of hydrogen-bond donors (Lipinski definition) is 1. The molecule has 0 amide bonds. The summed E-state index contributed by atoms with van der Waals surface area (Å²) in [5, 5.41) is 3.38. The number of aryl methyl sites for hydroxylation is 1. The Morgan fingerprint density at radius 2 is 2.24 bits per heavy atom. The quantitative estimate of drug-likeness (QED) is 0.641. The Hall–Kier alpha value is -1.79. The molecule has 1 aromatic carbocycles. The van der Waals surface area contributed by atoms with Crippen molar-refractivity contribution in [1.82, 2.24) is 14.9 Å². The molecule has 0 saturated heterocycles. The van der Waals surface area contributed by atoms with E-state index in [4.69, 9.17) is 6.42 Å². The van der Waals surface area contributed by atoms with E-state index >= 15 is 0 Å². The molecule has 17 heavy (non-hydrogen) atoms. The van der Waals surface area contributed by atoms with Crippen LogP contribution in [0.2, 0.25) is 0 Å². The maximum atomic E-state index is 5.23. The molecule has 0 spiro atoms. The first-order chi connectivity index (χ1) is 8.24. The van der Waals surface area contributed by atoms with E-state index in [1.807, 2.05) is 25.2 Å². The van der Waals surface area contributed by atoms with Gasteiger partial charge in [-0.2, -0.15) is 0 Å². The number of terminal acetylenes is 1. The van der Waals surface area contributed by atoms with Crippen molar-refractivity contribution in [2.24, 2.45) is 7.05 Å². The van der Waals surface area contributed by atoms with Crippen molar-refractivity contribution in [2.75, 3.05) is 6.54 Å². The van der Waals surface area contributed by atoms with Crippen molar-refractivity contribution in [3.05, 3.63) is 30.1 Å². The lowest BCUT2D eigenvalue weighted by Gasteiger charge is -2.12. The van der Waals surface area contributed by atoms with Gasteiger partial charge in [0.2, 0.25) is 0 Å². The molecule has 2 rings (SSSR count). The third-order valence-corrected chi connectivity index (χ3v) is 2.93. The highest BCUT2D eigenvalue weighted by atomic mass is 15.1. The molecular weight excluding hydrogens is 210 g/mol. The summed E-state index contributed by atoms with van der Waals surface area (Å²) >= 11 is 0. The molecular formula is C14H17N3. The largest absolute Gasteiger partial charge is 0.330 e. The highest BCUT2D eigenvalue weighted by Gasteiger charge is 2.12. The smallest absolute Gasteiger partial charge is 0.126 e. The van der Waals surface area contributed by atoms with Gasteiger partial charge in [-0.3, -0.25) is 0 Å². The summed E-state index contributed by atoms with van der Waals surface area (Å²) in [6.07, 6.45) is 5.98. The van der Waals surface area contributed by atoms with Gasteiger partial charge in [-0.25, -0.2) is 4.98 Å². The minimum absolute atomic E-state index is 0.209. The fraction of sp³-hybridized carbons (Fsp3) is 0.357. The van der Waals surface area contributed by atoms with Gasteiger partial charge in [-0.05, 0) is 19.1 Å². The molecule has 1 unspecified atom stereocenters. The van der Waals surface area contributed by atoms with Gasteiger partial charge < -0.3 is 9.88 Å². The van der Waals surface area contributed by atoms with Gasteiger partial charge in [0, 0.05) is 20.0 Å². The van der Waals surface area contributed by atoms with Crippen LogP contribution < -0.4 is 5.32 Å². The van der Waals surface area contributed by atoms with Crippen LogP contribution in [0, 0.1) is 12.3 Å². The minimum atomic E-state index is 0.209. The number of fused-ring (bicyclic) bond motifs is 1. The number of imidazole rings is 1. The van der Waals surface area contributed by atoms with Crippen LogP contribution in [0.5, 0.6) is 0 Å². The molecule has 0 fully saturated rings. The molecule has 88 valence electrons. The molecule has 0 aliphatic carbocycles. The first-order valence-corrected chi connectivity index (χ1v) is 5.82. The van der Waals surface area contributed by atoms with Gasteiger partial charge >= 0.3 is 0 Å². The topological polar surface area (TPSA) is 29.9 Å². The third-order valence-electron chi connectivity index (χ3n) is 2.93. The normalized spacial score (nSPS) is 12.5. The van der Waals surface area contributed by atoms with Crippen molar-refractivity contribution in [2.45, 2.75) is 19.4 Å². The molecule has 1 N–H and O–H groups in total. The Morgan fingerprint density at radius 3 is 2.94 bits per heavy atom. The summed E-state index contributed by atoms with van der Waals surface area (Å²) in [7, 11) is 2.05. The Balaban J connectivity index is 2.23. The van der Waals surface area contributed by atoms with Crippen LogP contribution in [0.4, 0.5) is 0 Å². The Morgan fingerprint density at radius 1 is 1.47 bits per heavy atom. The molecule has 0 saturated carbocycles. The highest BCUT2D eigenvalue weighted by molar-refractivity contribution is 5.75. The summed E-state index contributed by atoms with van der Waals surface area (Å²) in [5.41, 5.74) is 2.20. The van der Waals surface area contributed by atoms with E-state index in [0.717, 1.165) is 29.8 Å². The van der Waals surface area contributed by atoms with E-state index in [9.17, 15) is 0 Å². The molecule has 3 nitrogen and oxygen atoms in total. The minimum Gasteiger partial charge on any atom is -0.330 e. The fourth-order valence-electron chi connectivity index (χ4n) is 2.00. The van der Waals surface area contributed by atoms with Gasteiger partial charge in [0.1, 0.15) is 5.82 Å². The highest BCUT2D eigenvalue weighted by Crippen LogP contribution is 2.18. The predicted octanol–water partition coefficient (Wildman–Crippen LogP) is 2.25. The van der Waals surface area contributed by atoms with Gasteiger partial charge in [0.15, 0.2) is 0 Å². The lowest BCUT2D eigenvalue weighted by molar-refractivity contribution is 0.541. The Kier molecular flexibility index (Phi) is 3.46. The number of benzene rings is 1. The molecule has 1 atom stereocenters. The molecule has 1 heterocycles.